The lowest BCUT2D eigenvalue weighted by Gasteiger charge is -1.99. The zero-order valence-electron chi connectivity index (χ0n) is 9.27. The van der Waals surface area contributed by atoms with E-state index in [1.165, 1.54) is 0 Å². The fraction of sp³-hybridized carbons (Fsp3) is 0.273. The molecule has 2 N–H and O–H groups in total. The van der Waals surface area contributed by atoms with Crippen molar-refractivity contribution in [3.63, 3.8) is 0 Å². The lowest BCUT2D eigenvalue weighted by molar-refractivity contribution is -0.136. The van der Waals surface area contributed by atoms with Gasteiger partial charge in [0.05, 0.1) is 16.6 Å². The van der Waals surface area contributed by atoms with E-state index in [-0.39, 0.29) is 6.42 Å². The molecule has 0 amide bonds. The number of rotatable bonds is 4. The van der Waals surface area contributed by atoms with Gasteiger partial charge in [-0.15, -0.1) is 0 Å². The average Bonchev–Trinajstić information content (AvgIpc) is 2.85. The van der Waals surface area contributed by atoms with E-state index in [1.54, 1.807) is 4.68 Å². The number of nitrogens with zero attached hydrogens (tertiary/aromatic N) is 2. The van der Waals surface area contributed by atoms with E-state index in [1.807, 2.05) is 25.5 Å². The van der Waals surface area contributed by atoms with E-state index in [4.69, 9.17) is 5.11 Å². The van der Waals surface area contributed by atoms with Crippen molar-refractivity contribution in [1.82, 2.24) is 14.8 Å². The van der Waals surface area contributed by atoms with E-state index < -0.39 is 5.97 Å². The first-order valence-electron chi connectivity index (χ1n) is 5.16. The lowest BCUT2D eigenvalue weighted by Crippen LogP contribution is -2.03. The second-order valence-corrected chi connectivity index (χ2v) is 4.52. The zero-order chi connectivity index (χ0) is 12.4. The number of hydrogen-bond donors (Lipinski definition) is 2. The maximum Gasteiger partial charge on any atom is 0.303 e. The summed E-state index contributed by atoms with van der Waals surface area (Å²) < 4.78 is 2.58. The molecule has 0 fully saturated rings. The summed E-state index contributed by atoms with van der Waals surface area (Å²) in [6.45, 7) is 0. The first-order valence-corrected chi connectivity index (χ1v) is 5.95. The minimum absolute atomic E-state index is 0.102. The number of H-pyrrole nitrogens is 1. The monoisotopic (exact) mass is 297 g/mol. The summed E-state index contributed by atoms with van der Waals surface area (Å²) in [5.74, 6) is -0.804. The highest BCUT2D eigenvalue weighted by atomic mass is 79.9. The van der Waals surface area contributed by atoms with Crippen LogP contribution in [0.2, 0.25) is 0 Å². The Morgan fingerprint density at radius 3 is 3.00 bits per heavy atom. The number of carboxylic acid groups (broad SMARTS) is 1. The van der Waals surface area contributed by atoms with Gasteiger partial charge >= 0.3 is 5.97 Å². The van der Waals surface area contributed by atoms with E-state index in [0.29, 0.717) is 6.42 Å². The number of aromatic nitrogens is 3. The van der Waals surface area contributed by atoms with Gasteiger partial charge < -0.3 is 10.1 Å². The lowest BCUT2D eigenvalue weighted by atomic mass is 10.2. The van der Waals surface area contributed by atoms with Crippen LogP contribution in [0, 0.1) is 0 Å². The smallest absolute Gasteiger partial charge is 0.303 e. The van der Waals surface area contributed by atoms with Crippen LogP contribution in [0.3, 0.4) is 0 Å². The molecule has 2 aromatic rings. The van der Waals surface area contributed by atoms with Crippen LogP contribution in [0.5, 0.6) is 0 Å². The molecule has 0 aromatic carbocycles. The van der Waals surface area contributed by atoms with Crippen molar-refractivity contribution in [3.05, 3.63) is 28.6 Å². The zero-order valence-corrected chi connectivity index (χ0v) is 10.9. The van der Waals surface area contributed by atoms with E-state index in [0.717, 1.165) is 21.4 Å². The van der Waals surface area contributed by atoms with Crippen molar-refractivity contribution in [1.29, 1.82) is 0 Å². The number of halogens is 1. The van der Waals surface area contributed by atoms with Gasteiger partial charge in [0.1, 0.15) is 5.69 Å². The summed E-state index contributed by atoms with van der Waals surface area (Å²) in [6.07, 6.45) is 4.25. The van der Waals surface area contributed by atoms with Crippen LogP contribution in [0.15, 0.2) is 22.9 Å². The molecule has 0 atom stereocenters. The third kappa shape index (κ3) is 2.41. The quantitative estimate of drug-likeness (QED) is 0.909. The van der Waals surface area contributed by atoms with Gasteiger partial charge in [0.15, 0.2) is 0 Å². The molecule has 0 saturated carbocycles. The highest BCUT2D eigenvalue weighted by Crippen LogP contribution is 2.30. The fourth-order valence-electron chi connectivity index (χ4n) is 1.69. The predicted octanol–water partition coefficient (Wildman–Crippen LogP) is 2.19. The number of aromatic amines is 1. The van der Waals surface area contributed by atoms with Crippen molar-refractivity contribution in [3.8, 4) is 11.3 Å². The summed E-state index contributed by atoms with van der Waals surface area (Å²) in [7, 11) is 1.82. The molecule has 5 nitrogen and oxygen atoms in total. The summed E-state index contributed by atoms with van der Waals surface area (Å²) in [6, 6.07) is 1.92. The number of aliphatic carboxylic acids is 1. The van der Waals surface area contributed by atoms with Gasteiger partial charge in [-0.25, -0.2) is 0 Å². The summed E-state index contributed by atoms with van der Waals surface area (Å²) in [5, 5.41) is 13.1. The summed E-state index contributed by atoms with van der Waals surface area (Å²) in [5.41, 5.74) is 2.70. The molecular formula is C11H12BrN3O2. The Morgan fingerprint density at radius 1 is 1.65 bits per heavy atom. The van der Waals surface area contributed by atoms with Crippen LogP contribution in [-0.2, 0) is 18.3 Å². The number of nitrogens with one attached hydrogen (secondary N) is 1. The average molecular weight is 298 g/mol. The fourth-order valence-corrected chi connectivity index (χ4v) is 2.45. The van der Waals surface area contributed by atoms with Gasteiger partial charge in [-0.05, 0) is 22.0 Å². The molecule has 90 valence electrons. The highest BCUT2D eigenvalue weighted by molar-refractivity contribution is 9.10. The third-order valence-corrected chi connectivity index (χ3v) is 3.38. The predicted molar refractivity (Wildman–Crippen MR) is 66.7 cm³/mol. The molecule has 0 aliphatic carbocycles. The normalized spacial score (nSPS) is 10.7. The van der Waals surface area contributed by atoms with Gasteiger partial charge in [-0.1, -0.05) is 0 Å². The molecule has 0 unspecified atom stereocenters. The number of aryl methyl sites for hydroxylation is 1. The number of carboxylic acids is 1. The van der Waals surface area contributed by atoms with Crippen molar-refractivity contribution < 1.29 is 9.90 Å². The van der Waals surface area contributed by atoms with Crippen molar-refractivity contribution in [2.75, 3.05) is 0 Å². The maximum atomic E-state index is 10.6. The Balaban J connectivity index is 2.32. The van der Waals surface area contributed by atoms with E-state index in [9.17, 15) is 4.79 Å². The molecule has 0 bridgehead atoms. The minimum Gasteiger partial charge on any atom is -0.481 e. The standard InChI is InChI=1S/C11H12BrN3O2/c1-15-8(2-3-9(16)17)10(12)11(14-15)7-4-5-13-6-7/h4-6,13H,2-3H2,1H3,(H,16,17). The van der Waals surface area contributed by atoms with Crippen LogP contribution in [-0.4, -0.2) is 25.8 Å². The van der Waals surface area contributed by atoms with Gasteiger partial charge in [-0.2, -0.15) is 5.10 Å². The molecule has 2 rings (SSSR count). The summed E-state index contributed by atoms with van der Waals surface area (Å²) in [4.78, 5) is 13.6. The van der Waals surface area contributed by atoms with Crippen molar-refractivity contribution >= 4 is 21.9 Å². The van der Waals surface area contributed by atoms with Crippen LogP contribution in [0.4, 0.5) is 0 Å². The van der Waals surface area contributed by atoms with Crippen LogP contribution in [0.25, 0.3) is 11.3 Å². The van der Waals surface area contributed by atoms with Crippen LogP contribution < -0.4 is 0 Å². The van der Waals surface area contributed by atoms with Gasteiger partial charge in [-0.3, -0.25) is 9.48 Å². The highest BCUT2D eigenvalue weighted by Gasteiger charge is 2.16. The first kappa shape index (κ1) is 11.9. The molecular weight excluding hydrogens is 286 g/mol. The van der Waals surface area contributed by atoms with Gasteiger partial charge in [0.2, 0.25) is 0 Å². The molecule has 17 heavy (non-hydrogen) atoms. The Bertz CT molecular complexity index is 531. The third-order valence-electron chi connectivity index (χ3n) is 2.55. The number of carbonyl (C=O) groups is 1. The second-order valence-electron chi connectivity index (χ2n) is 3.73. The first-order chi connectivity index (χ1) is 8.09. The Labute approximate surface area is 107 Å². The molecule has 0 aliphatic rings. The molecule has 0 saturated heterocycles. The largest absolute Gasteiger partial charge is 0.481 e. The second kappa shape index (κ2) is 4.75. The Hall–Kier alpha value is -1.56. The Morgan fingerprint density at radius 2 is 2.41 bits per heavy atom. The topological polar surface area (TPSA) is 70.9 Å². The number of hydrogen-bond acceptors (Lipinski definition) is 2. The molecule has 2 heterocycles. The molecule has 2 aromatic heterocycles. The van der Waals surface area contributed by atoms with Crippen molar-refractivity contribution in [2.45, 2.75) is 12.8 Å². The maximum absolute atomic E-state index is 10.6. The molecule has 0 radical (unpaired) electrons. The molecule has 0 aliphatic heterocycles. The van der Waals surface area contributed by atoms with E-state index >= 15 is 0 Å². The summed E-state index contributed by atoms with van der Waals surface area (Å²) >= 11 is 3.48. The Kier molecular flexibility index (Phi) is 3.33. The molecule has 0 spiro atoms. The van der Waals surface area contributed by atoms with Gasteiger partial charge in [0, 0.05) is 31.4 Å². The SMILES string of the molecule is Cn1nc(-c2cc[nH]c2)c(Br)c1CCC(=O)O. The van der Waals surface area contributed by atoms with Crippen LogP contribution >= 0.6 is 15.9 Å². The minimum atomic E-state index is -0.804. The van der Waals surface area contributed by atoms with E-state index in [2.05, 4.69) is 26.0 Å². The molecule has 6 heteroatoms. The van der Waals surface area contributed by atoms with Gasteiger partial charge in [0.25, 0.3) is 0 Å². The van der Waals surface area contributed by atoms with Crippen molar-refractivity contribution in [2.24, 2.45) is 7.05 Å². The van der Waals surface area contributed by atoms with Crippen LogP contribution in [0.1, 0.15) is 12.1 Å².